The van der Waals surface area contributed by atoms with E-state index in [1.807, 2.05) is 12.1 Å². The molecule has 0 saturated heterocycles. The van der Waals surface area contributed by atoms with Crippen molar-refractivity contribution in [2.24, 2.45) is 0 Å². The van der Waals surface area contributed by atoms with Crippen LogP contribution >= 0.6 is 23.4 Å². The van der Waals surface area contributed by atoms with Crippen LogP contribution in [0.25, 0.3) is 0 Å². The van der Waals surface area contributed by atoms with Crippen molar-refractivity contribution in [3.8, 4) is 5.75 Å². The fraction of sp³-hybridized carbons (Fsp3) is 0.130. The Morgan fingerprint density at radius 1 is 1.12 bits per heavy atom. The monoisotopic (exact) mass is 484 g/mol. The molecular weight excluding hydrogens is 468 g/mol. The molecule has 8 nitrogen and oxygen atoms in total. The zero-order valence-electron chi connectivity index (χ0n) is 17.2. The largest absolute Gasteiger partial charge is 0.497 e. The van der Waals surface area contributed by atoms with Gasteiger partial charge in [-0.15, -0.1) is 11.8 Å². The fourth-order valence-corrected chi connectivity index (χ4v) is 4.85. The van der Waals surface area contributed by atoms with Crippen molar-refractivity contribution in [2.45, 2.75) is 16.2 Å². The van der Waals surface area contributed by atoms with Crippen LogP contribution in [0.2, 0.25) is 5.02 Å². The number of anilines is 1. The number of hydrogen-bond donors (Lipinski definition) is 1. The summed E-state index contributed by atoms with van der Waals surface area (Å²) in [5.74, 6) is -0.715. The lowest BCUT2D eigenvalue weighted by molar-refractivity contribution is -0.384. The lowest BCUT2D eigenvalue weighted by Gasteiger charge is -2.24. The summed E-state index contributed by atoms with van der Waals surface area (Å²) in [5.41, 5.74) is 1.03. The number of carbonyl (C=O) groups excluding carboxylic acids is 2. The SMILES string of the molecule is COc1ccc(C2Sc3ccccc3NC(=O)C2OC(=O)c2ccc([N+](=O)[O-])cc2Cl)cc1. The summed E-state index contributed by atoms with van der Waals surface area (Å²) in [7, 11) is 1.55. The second kappa shape index (κ2) is 9.51. The van der Waals surface area contributed by atoms with Gasteiger partial charge in [-0.05, 0) is 35.9 Å². The third-order valence-electron chi connectivity index (χ3n) is 4.99. The first-order chi connectivity index (χ1) is 15.9. The zero-order chi connectivity index (χ0) is 23.5. The number of fused-ring (bicyclic) bond motifs is 1. The van der Waals surface area contributed by atoms with Gasteiger partial charge in [-0.2, -0.15) is 0 Å². The zero-order valence-corrected chi connectivity index (χ0v) is 18.8. The molecule has 2 unspecified atom stereocenters. The number of hydrogen-bond acceptors (Lipinski definition) is 7. The lowest BCUT2D eigenvalue weighted by Crippen LogP contribution is -2.35. The van der Waals surface area contributed by atoms with Gasteiger partial charge >= 0.3 is 5.97 Å². The average Bonchev–Trinajstić information content (AvgIpc) is 2.95. The standard InChI is InChI=1S/C23H17ClN2O6S/c1-31-15-9-6-13(7-10-15)21-20(22(27)25-18-4-2-3-5-19(18)33-21)32-23(28)16-11-8-14(26(29)30)12-17(16)24/h2-12,20-21H,1H3,(H,25,27). The molecule has 4 rings (SSSR count). The van der Waals surface area contributed by atoms with Gasteiger partial charge in [0.15, 0.2) is 6.10 Å². The van der Waals surface area contributed by atoms with Gasteiger partial charge in [-0.1, -0.05) is 35.9 Å². The predicted molar refractivity (Wildman–Crippen MR) is 124 cm³/mol. The Morgan fingerprint density at radius 3 is 2.52 bits per heavy atom. The molecule has 0 spiro atoms. The molecule has 1 aliphatic rings. The number of nitro benzene ring substituents is 1. The van der Waals surface area contributed by atoms with E-state index in [4.69, 9.17) is 21.1 Å². The highest BCUT2D eigenvalue weighted by Crippen LogP contribution is 2.45. The van der Waals surface area contributed by atoms with Crippen LogP contribution in [0.5, 0.6) is 5.75 Å². The van der Waals surface area contributed by atoms with Crippen LogP contribution in [-0.4, -0.2) is 30.0 Å². The van der Waals surface area contributed by atoms with Crippen LogP contribution in [0.4, 0.5) is 11.4 Å². The van der Waals surface area contributed by atoms with Crippen molar-refractivity contribution in [1.29, 1.82) is 0 Å². The summed E-state index contributed by atoms with van der Waals surface area (Å²) in [4.78, 5) is 37.2. The van der Waals surface area contributed by atoms with Crippen molar-refractivity contribution in [1.82, 2.24) is 0 Å². The highest BCUT2D eigenvalue weighted by Gasteiger charge is 2.38. The third kappa shape index (κ3) is 4.79. The molecule has 2 atom stereocenters. The van der Waals surface area contributed by atoms with E-state index in [-0.39, 0.29) is 16.3 Å². The maximum Gasteiger partial charge on any atom is 0.340 e. The molecule has 10 heteroatoms. The second-order valence-corrected chi connectivity index (χ2v) is 8.63. The quantitative estimate of drug-likeness (QED) is 0.298. The minimum Gasteiger partial charge on any atom is -0.497 e. The van der Waals surface area contributed by atoms with Crippen molar-refractivity contribution < 1.29 is 24.0 Å². The molecule has 1 heterocycles. The molecule has 0 bridgehead atoms. The number of carbonyl (C=O) groups is 2. The second-order valence-electron chi connectivity index (χ2n) is 7.04. The van der Waals surface area contributed by atoms with Crippen molar-refractivity contribution in [2.75, 3.05) is 12.4 Å². The first kappa shape index (κ1) is 22.6. The molecule has 0 fully saturated rings. The lowest BCUT2D eigenvalue weighted by atomic mass is 10.1. The minimum absolute atomic E-state index is 0.0738. The summed E-state index contributed by atoms with van der Waals surface area (Å²) >= 11 is 7.47. The Kier molecular flexibility index (Phi) is 6.52. The molecule has 1 N–H and O–H groups in total. The number of nitrogens with one attached hydrogen (secondary N) is 1. The number of ether oxygens (including phenoxy) is 2. The van der Waals surface area contributed by atoms with Gasteiger partial charge in [0.05, 0.1) is 33.6 Å². The van der Waals surface area contributed by atoms with E-state index in [0.717, 1.165) is 22.6 Å². The van der Waals surface area contributed by atoms with E-state index in [1.165, 1.54) is 17.8 Å². The Balaban J connectivity index is 1.69. The number of methoxy groups -OCH3 is 1. The van der Waals surface area contributed by atoms with E-state index in [9.17, 15) is 19.7 Å². The summed E-state index contributed by atoms with van der Waals surface area (Å²) in [5, 5.41) is 13.1. The van der Waals surface area contributed by atoms with E-state index >= 15 is 0 Å². The average molecular weight is 485 g/mol. The summed E-state index contributed by atoms with van der Waals surface area (Å²) in [6.45, 7) is 0. The van der Waals surface area contributed by atoms with E-state index < -0.39 is 28.2 Å². The Morgan fingerprint density at radius 2 is 1.85 bits per heavy atom. The van der Waals surface area contributed by atoms with Gasteiger partial charge in [-0.25, -0.2) is 4.79 Å². The van der Waals surface area contributed by atoms with Crippen LogP contribution in [-0.2, 0) is 9.53 Å². The molecule has 3 aromatic rings. The predicted octanol–water partition coefficient (Wildman–Crippen LogP) is 5.27. The van der Waals surface area contributed by atoms with Gasteiger partial charge < -0.3 is 14.8 Å². The molecule has 168 valence electrons. The van der Waals surface area contributed by atoms with Crippen molar-refractivity contribution in [3.05, 3.63) is 93.0 Å². The molecule has 33 heavy (non-hydrogen) atoms. The van der Waals surface area contributed by atoms with Gasteiger partial charge in [0.1, 0.15) is 5.75 Å². The normalized spacial score (nSPS) is 17.3. The summed E-state index contributed by atoms with van der Waals surface area (Å²) in [6.07, 6.45) is -1.20. The molecule has 3 aromatic carbocycles. The van der Waals surface area contributed by atoms with Crippen molar-refractivity contribution in [3.63, 3.8) is 0 Å². The van der Waals surface area contributed by atoms with Gasteiger partial charge in [0.25, 0.3) is 11.6 Å². The van der Waals surface area contributed by atoms with Gasteiger partial charge in [-0.3, -0.25) is 14.9 Å². The van der Waals surface area contributed by atoms with Crippen LogP contribution < -0.4 is 10.1 Å². The summed E-state index contributed by atoms with van der Waals surface area (Å²) < 4.78 is 10.9. The highest BCUT2D eigenvalue weighted by molar-refractivity contribution is 7.99. The molecule has 0 aliphatic carbocycles. The number of nitro groups is 1. The third-order valence-corrected chi connectivity index (χ3v) is 6.69. The summed E-state index contributed by atoms with van der Waals surface area (Å²) in [6, 6.07) is 17.8. The fourth-order valence-electron chi connectivity index (χ4n) is 3.33. The molecule has 1 amide bonds. The molecule has 0 saturated carbocycles. The number of thioether (sulfide) groups is 1. The Labute approximate surface area is 198 Å². The number of esters is 1. The van der Waals surface area contributed by atoms with E-state index in [0.29, 0.717) is 11.4 Å². The molecule has 0 aromatic heterocycles. The Bertz CT molecular complexity index is 1230. The first-order valence-electron chi connectivity index (χ1n) is 9.73. The minimum atomic E-state index is -1.20. The van der Waals surface area contributed by atoms with Crippen LogP contribution in [0.15, 0.2) is 71.6 Å². The number of rotatable bonds is 5. The number of amides is 1. The molecule has 0 radical (unpaired) electrons. The molecule has 1 aliphatic heterocycles. The van der Waals surface area contributed by atoms with Crippen LogP contribution in [0.1, 0.15) is 21.2 Å². The van der Waals surface area contributed by atoms with Gasteiger partial charge in [0, 0.05) is 17.0 Å². The highest BCUT2D eigenvalue weighted by atomic mass is 35.5. The number of non-ortho nitro benzene ring substituents is 1. The smallest absolute Gasteiger partial charge is 0.340 e. The number of para-hydroxylation sites is 1. The maximum atomic E-state index is 13.1. The Hall–Kier alpha value is -3.56. The van der Waals surface area contributed by atoms with Crippen LogP contribution in [0.3, 0.4) is 0 Å². The van der Waals surface area contributed by atoms with E-state index in [2.05, 4.69) is 5.32 Å². The number of nitrogens with zero attached hydrogens (tertiary/aromatic N) is 1. The first-order valence-corrected chi connectivity index (χ1v) is 11.0. The molecular formula is C23H17ClN2O6S. The topological polar surface area (TPSA) is 108 Å². The van der Waals surface area contributed by atoms with Gasteiger partial charge in [0.2, 0.25) is 0 Å². The number of benzene rings is 3. The number of halogens is 1. The van der Waals surface area contributed by atoms with Crippen molar-refractivity contribution >= 4 is 46.6 Å². The van der Waals surface area contributed by atoms with Crippen LogP contribution in [0, 0.1) is 10.1 Å². The van der Waals surface area contributed by atoms with E-state index in [1.54, 1.807) is 43.5 Å². The maximum absolute atomic E-state index is 13.1.